The number of aryl methyl sites for hydroxylation is 1. The number of rotatable bonds is 4. The van der Waals surface area contributed by atoms with Gasteiger partial charge in [0.2, 0.25) is 5.76 Å². The molecule has 0 unspecified atom stereocenters. The van der Waals surface area contributed by atoms with Crippen LogP contribution in [0.25, 0.3) is 11.0 Å². The molecule has 0 bridgehead atoms. The van der Waals surface area contributed by atoms with E-state index in [1.165, 1.54) is 0 Å². The number of nitrogens with zero attached hydrogens (tertiary/aromatic N) is 1. The number of halogens is 1. The second kappa shape index (κ2) is 6.83. The third-order valence-electron chi connectivity index (χ3n) is 4.86. The molecule has 0 fully saturated rings. The van der Waals surface area contributed by atoms with Gasteiger partial charge in [-0.15, -0.1) is 0 Å². The molecule has 1 aliphatic heterocycles. The fourth-order valence-electron chi connectivity index (χ4n) is 3.60. The van der Waals surface area contributed by atoms with E-state index in [1.807, 2.05) is 13.0 Å². The maximum atomic E-state index is 13.3. The Hall–Kier alpha value is -2.63. The first kappa shape index (κ1) is 17.8. The van der Waals surface area contributed by atoms with Gasteiger partial charge in [-0.25, -0.2) is 0 Å². The van der Waals surface area contributed by atoms with E-state index in [0.717, 1.165) is 11.1 Å². The number of aliphatic hydroxyl groups excluding tert-OH is 1. The quantitative estimate of drug-likeness (QED) is 0.746. The molecular weight excluding hydrogens is 366 g/mol. The number of hydrogen-bond acceptors (Lipinski definition) is 4. The first-order valence-corrected chi connectivity index (χ1v) is 9.13. The predicted molar refractivity (Wildman–Crippen MR) is 103 cm³/mol. The van der Waals surface area contributed by atoms with E-state index < -0.39 is 6.04 Å². The molecule has 0 radical (unpaired) electrons. The fraction of sp³-hybridized carbons (Fsp3) is 0.238. The standard InChI is InChI=1S/C21H18ClNO4/c1-12-3-8-16-15(11-12)19(25)17-18(13-4-6-14(22)7-5-13)23(9-2-10-24)21(26)20(17)27-16/h3-8,11,18,24H,2,9-10H2,1H3/t18-/m1/s1. The van der Waals surface area contributed by atoms with Crippen LogP contribution >= 0.6 is 11.6 Å². The molecule has 0 aliphatic carbocycles. The highest BCUT2D eigenvalue weighted by Gasteiger charge is 2.42. The lowest BCUT2D eigenvalue weighted by Crippen LogP contribution is -2.31. The van der Waals surface area contributed by atoms with Crippen molar-refractivity contribution in [1.29, 1.82) is 0 Å². The lowest BCUT2D eigenvalue weighted by Gasteiger charge is -2.24. The molecule has 0 saturated heterocycles. The van der Waals surface area contributed by atoms with E-state index in [2.05, 4.69) is 0 Å². The lowest BCUT2D eigenvalue weighted by molar-refractivity contribution is 0.0716. The highest BCUT2D eigenvalue weighted by Crippen LogP contribution is 2.38. The van der Waals surface area contributed by atoms with Crippen molar-refractivity contribution < 1.29 is 14.3 Å². The summed E-state index contributed by atoms with van der Waals surface area (Å²) < 4.78 is 5.86. The number of hydrogen-bond donors (Lipinski definition) is 1. The van der Waals surface area contributed by atoms with Gasteiger partial charge in [0, 0.05) is 18.2 Å². The third kappa shape index (κ3) is 2.93. The van der Waals surface area contributed by atoms with Gasteiger partial charge in [-0.2, -0.15) is 0 Å². The fourth-order valence-corrected chi connectivity index (χ4v) is 3.72. The van der Waals surface area contributed by atoms with Crippen molar-refractivity contribution in [3.05, 3.63) is 80.2 Å². The number of carbonyl (C=O) groups excluding carboxylic acids is 1. The van der Waals surface area contributed by atoms with Crippen molar-refractivity contribution in [1.82, 2.24) is 4.90 Å². The summed E-state index contributed by atoms with van der Waals surface area (Å²) in [6.07, 6.45) is 0.413. The average molecular weight is 384 g/mol. The molecule has 1 N–H and O–H groups in total. The van der Waals surface area contributed by atoms with Crippen LogP contribution in [-0.4, -0.2) is 29.1 Å². The number of aliphatic hydroxyl groups is 1. The summed E-state index contributed by atoms with van der Waals surface area (Å²) in [6, 6.07) is 11.9. The van der Waals surface area contributed by atoms with Gasteiger partial charge in [0.25, 0.3) is 5.91 Å². The zero-order chi connectivity index (χ0) is 19.1. The number of amides is 1. The molecule has 2 aromatic carbocycles. The lowest BCUT2D eigenvalue weighted by atomic mass is 9.98. The van der Waals surface area contributed by atoms with Gasteiger partial charge in [0.05, 0.1) is 17.0 Å². The molecule has 4 rings (SSSR count). The summed E-state index contributed by atoms with van der Waals surface area (Å²) in [5.41, 5.74) is 2.27. The van der Waals surface area contributed by atoms with Crippen molar-refractivity contribution in [2.24, 2.45) is 0 Å². The van der Waals surface area contributed by atoms with Crippen molar-refractivity contribution >= 4 is 28.5 Å². The molecule has 1 aromatic heterocycles. The van der Waals surface area contributed by atoms with Crippen LogP contribution in [-0.2, 0) is 0 Å². The molecule has 3 aromatic rings. The van der Waals surface area contributed by atoms with E-state index in [9.17, 15) is 14.7 Å². The summed E-state index contributed by atoms with van der Waals surface area (Å²) in [5.74, 6) is -0.257. The second-order valence-electron chi connectivity index (χ2n) is 6.70. The largest absolute Gasteiger partial charge is 0.450 e. The molecule has 138 valence electrons. The highest BCUT2D eigenvalue weighted by atomic mass is 35.5. The Labute approximate surface area is 160 Å². The van der Waals surface area contributed by atoms with Gasteiger partial charge in [0.15, 0.2) is 5.43 Å². The monoisotopic (exact) mass is 383 g/mol. The molecule has 27 heavy (non-hydrogen) atoms. The minimum atomic E-state index is -0.558. The maximum Gasteiger partial charge on any atom is 0.290 e. The first-order valence-electron chi connectivity index (χ1n) is 8.76. The van der Waals surface area contributed by atoms with E-state index in [-0.39, 0.29) is 23.7 Å². The zero-order valence-corrected chi connectivity index (χ0v) is 15.5. The summed E-state index contributed by atoms with van der Waals surface area (Å²) in [5, 5.41) is 10.3. The van der Waals surface area contributed by atoms with Crippen LogP contribution < -0.4 is 5.43 Å². The predicted octanol–water partition coefficient (Wildman–Crippen LogP) is 3.68. The van der Waals surface area contributed by atoms with Crippen molar-refractivity contribution in [3.63, 3.8) is 0 Å². The molecule has 6 heteroatoms. The van der Waals surface area contributed by atoms with Crippen molar-refractivity contribution in [2.75, 3.05) is 13.2 Å². The Bertz CT molecular complexity index is 1090. The van der Waals surface area contributed by atoms with Gasteiger partial charge in [-0.1, -0.05) is 35.4 Å². The van der Waals surface area contributed by atoms with Crippen molar-refractivity contribution in [3.8, 4) is 0 Å². The molecule has 0 saturated carbocycles. The number of carbonyl (C=O) groups is 1. The molecule has 0 spiro atoms. The van der Waals surface area contributed by atoms with E-state index >= 15 is 0 Å². The van der Waals surface area contributed by atoms with Crippen LogP contribution in [0.1, 0.15) is 39.7 Å². The Balaban J connectivity index is 1.97. The van der Waals surface area contributed by atoms with Crippen LogP contribution in [0.3, 0.4) is 0 Å². The summed E-state index contributed by atoms with van der Waals surface area (Å²) in [4.78, 5) is 27.9. The van der Waals surface area contributed by atoms with Gasteiger partial charge in [-0.3, -0.25) is 9.59 Å². The van der Waals surface area contributed by atoms with Crippen LogP contribution in [0.15, 0.2) is 51.7 Å². The van der Waals surface area contributed by atoms with Crippen LogP contribution in [0.5, 0.6) is 0 Å². The van der Waals surface area contributed by atoms with Crippen LogP contribution in [0.2, 0.25) is 5.02 Å². The third-order valence-corrected chi connectivity index (χ3v) is 5.12. The van der Waals surface area contributed by atoms with Gasteiger partial charge >= 0.3 is 0 Å². The topological polar surface area (TPSA) is 70.8 Å². The average Bonchev–Trinajstić information content (AvgIpc) is 2.94. The Kier molecular flexibility index (Phi) is 4.50. The Morgan fingerprint density at radius 1 is 1.15 bits per heavy atom. The van der Waals surface area contributed by atoms with Gasteiger partial charge in [0.1, 0.15) is 5.58 Å². The molecule has 1 amide bonds. The SMILES string of the molecule is Cc1ccc2oc3c(c(=O)c2c1)[C@@H](c1ccc(Cl)cc1)N(CCCO)C3=O. The van der Waals surface area contributed by atoms with Crippen LogP contribution in [0, 0.1) is 6.92 Å². The van der Waals surface area contributed by atoms with E-state index in [4.69, 9.17) is 16.0 Å². The minimum absolute atomic E-state index is 0.0456. The molecule has 1 aliphatic rings. The second-order valence-corrected chi connectivity index (χ2v) is 7.14. The van der Waals surface area contributed by atoms with Crippen LogP contribution in [0.4, 0.5) is 0 Å². The number of benzene rings is 2. The molecule has 2 heterocycles. The Morgan fingerprint density at radius 2 is 1.89 bits per heavy atom. The van der Waals surface area contributed by atoms with E-state index in [1.54, 1.807) is 41.3 Å². The maximum absolute atomic E-state index is 13.3. The minimum Gasteiger partial charge on any atom is -0.450 e. The smallest absolute Gasteiger partial charge is 0.290 e. The summed E-state index contributed by atoms with van der Waals surface area (Å²) in [6.45, 7) is 2.18. The first-order chi connectivity index (χ1) is 13.0. The molecule has 1 atom stereocenters. The highest BCUT2D eigenvalue weighted by molar-refractivity contribution is 6.30. The Morgan fingerprint density at radius 3 is 2.59 bits per heavy atom. The van der Waals surface area contributed by atoms with Gasteiger partial charge in [-0.05, 0) is 43.2 Å². The van der Waals surface area contributed by atoms with E-state index in [0.29, 0.717) is 34.5 Å². The summed E-state index contributed by atoms with van der Waals surface area (Å²) in [7, 11) is 0. The molecule has 5 nitrogen and oxygen atoms in total. The molecular formula is C21H18ClNO4. The number of fused-ring (bicyclic) bond motifs is 2. The van der Waals surface area contributed by atoms with Gasteiger partial charge < -0.3 is 14.4 Å². The van der Waals surface area contributed by atoms with Crippen molar-refractivity contribution in [2.45, 2.75) is 19.4 Å². The zero-order valence-electron chi connectivity index (χ0n) is 14.7. The normalized spacial score (nSPS) is 16.2. The summed E-state index contributed by atoms with van der Waals surface area (Å²) >= 11 is 6.00.